The third kappa shape index (κ3) is 2.48. The number of benzene rings is 1. The molecule has 3 rings (SSSR count). The van der Waals surface area contributed by atoms with Crippen LogP contribution in [0.3, 0.4) is 0 Å². The molecule has 6 nitrogen and oxygen atoms in total. The van der Waals surface area contributed by atoms with Gasteiger partial charge < -0.3 is 0 Å². The van der Waals surface area contributed by atoms with Gasteiger partial charge in [-0.3, -0.25) is 10.1 Å². The van der Waals surface area contributed by atoms with E-state index in [4.69, 9.17) is 0 Å². The van der Waals surface area contributed by atoms with E-state index in [0.717, 1.165) is 0 Å². The molecule has 1 aliphatic rings. The van der Waals surface area contributed by atoms with Crippen molar-refractivity contribution in [3.05, 3.63) is 45.8 Å². The van der Waals surface area contributed by atoms with Gasteiger partial charge in [-0.15, -0.1) is 0 Å². The maximum atomic E-state index is 12.9. The van der Waals surface area contributed by atoms with E-state index in [0.29, 0.717) is 16.9 Å². The molecule has 0 spiro atoms. The van der Waals surface area contributed by atoms with Gasteiger partial charge in [0.25, 0.3) is 5.69 Å². The molecule has 0 amide bonds. The number of hydrogen-bond donors (Lipinski definition) is 0. The van der Waals surface area contributed by atoms with E-state index in [1.165, 1.54) is 17.1 Å². The van der Waals surface area contributed by atoms with Gasteiger partial charge in [-0.25, -0.2) is 8.78 Å². The van der Waals surface area contributed by atoms with Crippen molar-refractivity contribution in [2.75, 3.05) is 0 Å². The number of aryl methyl sites for hydroxylation is 1. The first-order chi connectivity index (χ1) is 9.85. The van der Waals surface area contributed by atoms with Crippen LogP contribution in [0, 0.1) is 17.0 Å². The zero-order valence-corrected chi connectivity index (χ0v) is 11.2. The molecule has 1 aliphatic carbocycles. The summed E-state index contributed by atoms with van der Waals surface area (Å²) >= 11 is 0. The Balaban J connectivity index is 1.87. The number of hydrogen-bond acceptors (Lipinski definition) is 4. The van der Waals surface area contributed by atoms with Gasteiger partial charge in [-0.05, 0) is 13.0 Å². The Kier molecular flexibility index (Phi) is 2.96. The normalized spacial score (nSPS) is 17.5. The highest BCUT2D eigenvalue weighted by Crippen LogP contribution is 2.47. The van der Waals surface area contributed by atoms with Crippen LogP contribution >= 0.6 is 0 Å². The number of nitrogens with zero attached hydrogens (tertiary/aromatic N) is 4. The number of alkyl halides is 2. The third-order valence-electron chi connectivity index (χ3n) is 3.64. The second kappa shape index (κ2) is 4.57. The van der Waals surface area contributed by atoms with Crippen LogP contribution in [0.5, 0.6) is 0 Å². The first kappa shape index (κ1) is 13.6. The van der Waals surface area contributed by atoms with Crippen LogP contribution in [-0.2, 0) is 0 Å². The molecule has 1 heterocycles. The Labute approximate surface area is 118 Å². The van der Waals surface area contributed by atoms with E-state index in [-0.39, 0.29) is 24.4 Å². The summed E-state index contributed by atoms with van der Waals surface area (Å²) in [6.07, 6.45) is 0.991. The second-order valence-corrected chi connectivity index (χ2v) is 5.25. The standard InChI is InChI=1S/C13H12F2N4O2/c1-8-2-3-10(4-12(8)19(20)21)18-16-7-11(17-18)9-5-13(14,15)6-9/h2-4,7,9H,5-6H2,1H3. The predicted molar refractivity (Wildman–Crippen MR) is 69.7 cm³/mol. The van der Waals surface area contributed by atoms with Gasteiger partial charge >= 0.3 is 0 Å². The van der Waals surface area contributed by atoms with Gasteiger partial charge in [0.15, 0.2) is 0 Å². The van der Waals surface area contributed by atoms with Gasteiger partial charge in [-0.1, -0.05) is 6.07 Å². The summed E-state index contributed by atoms with van der Waals surface area (Å²) in [6, 6.07) is 4.63. The highest BCUT2D eigenvalue weighted by molar-refractivity contribution is 5.47. The smallest absolute Gasteiger partial charge is 0.258 e. The average Bonchev–Trinajstić information content (AvgIpc) is 2.85. The molecule has 1 saturated carbocycles. The third-order valence-corrected chi connectivity index (χ3v) is 3.64. The van der Waals surface area contributed by atoms with Gasteiger partial charge in [-0.2, -0.15) is 15.0 Å². The van der Waals surface area contributed by atoms with Crippen LogP contribution in [0.15, 0.2) is 24.4 Å². The Morgan fingerprint density at radius 2 is 2.14 bits per heavy atom. The molecule has 0 unspecified atom stereocenters. The van der Waals surface area contributed by atoms with Crippen molar-refractivity contribution in [3.8, 4) is 5.69 Å². The topological polar surface area (TPSA) is 73.8 Å². The molecular formula is C13H12F2N4O2. The summed E-state index contributed by atoms with van der Waals surface area (Å²) in [5, 5.41) is 19.1. The van der Waals surface area contributed by atoms with Gasteiger partial charge in [0.05, 0.1) is 22.5 Å². The van der Waals surface area contributed by atoms with Crippen LogP contribution in [0.1, 0.15) is 30.0 Å². The Morgan fingerprint density at radius 3 is 2.76 bits per heavy atom. The molecule has 1 fully saturated rings. The molecule has 0 N–H and O–H groups in total. The SMILES string of the molecule is Cc1ccc(-n2ncc(C3CC(F)(F)C3)n2)cc1[N+](=O)[O-]. The zero-order chi connectivity index (χ0) is 15.2. The van der Waals surface area contributed by atoms with Crippen LogP contribution in [0.2, 0.25) is 0 Å². The molecule has 1 aromatic carbocycles. The van der Waals surface area contributed by atoms with Crippen molar-refractivity contribution in [1.82, 2.24) is 15.0 Å². The molecule has 21 heavy (non-hydrogen) atoms. The fraction of sp³-hybridized carbons (Fsp3) is 0.385. The molecule has 1 aromatic heterocycles. The minimum Gasteiger partial charge on any atom is -0.258 e. The number of halogens is 2. The minimum atomic E-state index is -2.61. The highest BCUT2D eigenvalue weighted by Gasteiger charge is 2.47. The summed E-state index contributed by atoms with van der Waals surface area (Å²) < 4.78 is 25.7. The van der Waals surface area contributed by atoms with Crippen molar-refractivity contribution in [2.45, 2.75) is 31.6 Å². The summed E-state index contributed by atoms with van der Waals surface area (Å²) in [6.45, 7) is 1.64. The first-order valence-corrected chi connectivity index (χ1v) is 6.41. The maximum absolute atomic E-state index is 12.9. The number of nitro benzene ring substituents is 1. The lowest BCUT2D eigenvalue weighted by Gasteiger charge is -2.33. The van der Waals surface area contributed by atoms with Gasteiger partial charge in [0.1, 0.15) is 0 Å². The molecular weight excluding hydrogens is 282 g/mol. The fourth-order valence-electron chi connectivity index (χ4n) is 2.38. The molecule has 0 radical (unpaired) electrons. The van der Waals surface area contributed by atoms with Crippen molar-refractivity contribution in [1.29, 1.82) is 0 Å². The number of rotatable bonds is 3. The predicted octanol–water partition coefficient (Wildman–Crippen LogP) is 3.00. The van der Waals surface area contributed by atoms with E-state index < -0.39 is 10.8 Å². The van der Waals surface area contributed by atoms with Gasteiger partial charge in [0, 0.05) is 30.4 Å². The van der Waals surface area contributed by atoms with Crippen molar-refractivity contribution < 1.29 is 13.7 Å². The largest absolute Gasteiger partial charge is 0.274 e. The molecule has 0 bridgehead atoms. The van der Waals surface area contributed by atoms with E-state index in [1.54, 1.807) is 19.1 Å². The van der Waals surface area contributed by atoms with Crippen LogP contribution in [-0.4, -0.2) is 25.8 Å². The van der Waals surface area contributed by atoms with Gasteiger partial charge in [0.2, 0.25) is 5.92 Å². The maximum Gasteiger partial charge on any atom is 0.274 e. The Bertz CT molecular complexity index is 706. The summed E-state index contributed by atoms with van der Waals surface area (Å²) in [5.74, 6) is -2.91. The second-order valence-electron chi connectivity index (χ2n) is 5.25. The fourth-order valence-corrected chi connectivity index (χ4v) is 2.38. The van der Waals surface area contributed by atoms with Crippen LogP contribution in [0.4, 0.5) is 14.5 Å². The quantitative estimate of drug-likeness (QED) is 0.644. The summed E-state index contributed by atoms with van der Waals surface area (Å²) in [5.41, 5.74) is 1.44. The van der Waals surface area contributed by atoms with E-state index in [1.807, 2.05) is 0 Å². The average molecular weight is 294 g/mol. The van der Waals surface area contributed by atoms with E-state index in [9.17, 15) is 18.9 Å². The molecule has 0 aliphatic heterocycles. The lowest BCUT2D eigenvalue weighted by molar-refractivity contribution is -0.385. The molecule has 8 heteroatoms. The zero-order valence-electron chi connectivity index (χ0n) is 11.2. The molecule has 110 valence electrons. The van der Waals surface area contributed by atoms with E-state index >= 15 is 0 Å². The Morgan fingerprint density at radius 1 is 1.43 bits per heavy atom. The summed E-state index contributed by atoms with van der Waals surface area (Å²) in [7, 11) is 0. The Hall–Kier alpha value is -2.38. The van der Waals surface area contributed by atoms with Crippen LogP contribution < -0.4 is 0 Å². The minimum absolute atomic E-state index is 0.0264. The van der Waals surface area contributed by atoms with Crippen molar-refractivity contribution in [3.63, 3.8) is 0 Å². The highest BCUT2D eigenvalue weighted by atomic mass is 19.3. The first-order valence-electron chi connectivity index (χ1n) is 6.41. The van der Waals surface area contributed by atoms with Crippen LogP contribution in [0.25, 0.3) is 5.69 Å². The monoisotopic (exact) mass is 294 g/mol. The van der Waals surface area contributed by atoms with Crippen molar-refractivity contribution in [2.24, 2.45) is 0 Å². The number of nitro groups is 1. The lowest BCUT2D eigenvalue weighted by Crippen LogP contribution is -2.33. The molecule has 0 atom stereocenters. The lowest BCUT2D eigenvalue weighted by atomic mass is 9.79. The van der Waals surface area contributed by atoms with Crippen molar-refractivity contribution >= 4 is 5.69 Å². The van der Waals surface area contributed by atoms with E-state index in [2.05, 4.69) is 10.2 Å². The number of aromatic nitrogens is 3. The molecule has 2 aromatic rings. The molecule has 0 saturated heterocycles. The summed E-state index contributed by atoms with van der Waals surface area (Å²) in [4.78, 5) is 11.7.